The summed E-state index contributed by atoms with van der Waals surface area (Å²) >= 11 is 0. The van der Waals surface area contributed by atoms with E-state index in [0.717, 1.165) is 5.76 Å². The van der Waals surface area contributed by atoms with Crippen LogP contribution in [0, 0.1) is 6.92 Å². The number of furan rings is 1. The zero-order valence-corrected chi connectivity index (χ0v) is 9.84. The first-order valence-electron chi connectivity index (χ1n) is 5.34. The lowest BCUT2D eigenvalue weighted by Crippen LogP contribution is -2.24. The average Bonchev–Trinajstić information content (AvgIpc) is 2.95. The van der Waals surface area contributed by atoms with Crippen LogP contribution in [-0.4, -0.2) is 23.9 Å². The van der Waals surface area contributed by atoms with Crippen LogP contribution in [0.15, 0.2) is 27.3 Å². The van der Waals surface area contributed by atoms with Crippen LogP contribution < -0.4 is 5.32 Å². The van der Waals surface area contributed by atoms with Crippen molar-refractivity contribution in [3.63, 3.8) is 0 Å². The molecular formula is C11H15N3O3. The van der Waals surface area contributed by atoms with Crippen molar-refractivity contribution in [1.82, 2.24) is 15.5 Å². The Bertz CT molecular complexity index is 439. The third-order valence-electron chi connectivity index (χ3n) is 2.29. The fourth-order valence-electron chi connectivity index (χ4n) is 1.52. The summed E-state index contributed by atoms with van der Waals surface area (Å²) in [6.45, 7) is 2.78. The van der Waals surface area contributed by atoms with E-state index >= 15 is 0 Å². The second-order valence-corrected chi connectivity index (χ2v) is 3.64. The highest BCUT2D eigenvalue weighted by Gasteiger charge is 2.14. The monoisotopic (exact) mass is 237 g/mol. The molecule has 1 atom stereocenters. The molecule has 0 aliphatic heterocycles. The van der Waals surface area contributed by atoms with Gasteiger partial charge in [-0.3, -0.25) is 5.32 Å². The molecule has 6 heteroatoms. The van der Waals surface area contributed by atoms with Crippen molar-refractivity contribution in [2.45, 2.75) is 19.5 Å². The van der Waals surface area contributed by atoms with E-state index in [1.807, 2.05) is 12.1 Å². The molecule has 0 aliphatic carbocycles. The first-order chi connectivity index (χ1) is 8.29. The van der Waals surface area contributed by atoms with E-state index in [9.17, 15) is 0 Å². The molecule has 1 N–H and O–H groups in total. The molecule has 0 fully saturated rings. The van der Waals surface area contributed by atoms with Crippen LogP contribution in [0.1, 0.15) is 23.5 Å². The van der Waals surface area contributed by atoms with E-state index < -0.39 is 0 Å². The molecule has 2 heterocycles. The van der Waals surface area contributed by atoms with Gasteiger partial charge in [0.2, 0.25) is 5.89 Å². The Morgan fingerprint density at radius 2 is 2.41 bits per heavy atom. The fraction of sp³-hybridized carbons (Fsp3) is 0.455. The van der Waals surface area contributed by atoms with Gasteiger partial charge in [-0.2, -0.15) is 4.98 Å². The third kappa shape index (κ3) is 3.15. The Morgan fingerprint density at radius 1 is 1.53 bits per heavy atom. The topological polar surface area (TPSA) is 73.3 Å². The van der Waals surface area contributed by atoms with Gasteiger partial charge in [0.1, 0.15) is 5.76 Å². The number of nitrogens with zero attached hydrogens (tertiary/aromatic N) is 2. The Morgan fingerprint density at radius 3 is 3.00 bits per heavy atom. The van der Waals surface area contributed by atoms with Gasteiger partial charge >= 0.3 is 0 Å². The highest BCUT2D eigenvalue weighted by Crippen LogP contribution is 2.14. The summed E-state index contributed by atoms with van der Waals surface area (Å²) in [5.41, 5.74) is 0. The van der Waals surface area contributed by atoms with Gasteiger partial charge in [0.25, 0.3) is 0 Å². The summed E-state index contributed by atoms with van der Waals surface area (Å²) in [7, 11) is 1.65. The molecule has 92 valence electrons. The lowest BCUT2D eigenvalue weighted by atomic mass is 10.2. The number of rotatable bonds is 6. The average molecular weight is 237 g/mol. The number of hydrogen-bond acceptors (Lipinski definition) is 6. The molecule has 2 aromatic heterocycles. The van der Waals surface area contributed by atoms with Crippen LogP contribution in [0.3, 0.4) is 0 Å². The van der Waals surface area contributed by atoms with Gasteiger partial charge < -0.3 is 13.7 Å². The van der Waals surface area contributed by atoms with E-state index in [2.05, 4.69) is 15.5 Å². The number of nitrogens with one attached hydrogen (secondary N) is 1. The minimum Gasteiger partial charge on any atom is -0.468 e. The van der Waals surface area contributed by atoms with Crippen LogP contribution in [-0.2, 0) is 11.3 Å². The summed E-state index contributed by atoms with van der Waals surface area (Å²) in [4.78, 5) is 4.11. The number of aromatic nitrogens is 2. The molecule has 17 heavy (non-hydrogen) atoms. The summed E-state index contributed by atoms with van der Waals surface area (Å²) in [6, 6.07) is 3.72. The number of ether oxygens (including phenoxy) is 1. The van der Waals surface area contributed by atoms with Crippen molar-refractivity contribution in [1.29, 1.82) is 0 Å². The lowest BCUT2D eigenvalue weighted by Gasteiger charge is -2.13. The molecule has 0 aliphatic rings. The summed E-state index contributed by atoms with van der Waals surface area (Å²) < 4.78 is 15.5. The van der Waals surface area contributed by atoms with E-state index in [4.69, 9.17) is 13.7 Å². The normalized spacial score (nSPS) is 12.8. The van der Waals surface area contributed by atoms with E-state index in [-0.39, 0.29) is 6.04 Å². The molecule has 0 saturated heterocycles. The SMILES string of the molecule is COC[C@@H](NCc1nc(C)no1)c1ccco1. The van der Waals surface area contributed by atoms with Crippen molar-refractivity contribution in [2.24, 2.45) is 0 Å². The largest absolute Gasteiger partial charge is 0.468 e. The Hall–Kier alpha value is -1.66. The molecule has 0 aromatic carbocycles. The van der Waals surface area contributed by atoms with Gasteiger partial charge in [-0.15, -0.1) is 0 Å². The molecule has 0 spiro atoms. The van der Waals surface area contributed by atoms with Crippen LogP contribution in [0.4, 0.5) is 0 Å². The molecule has 0 saturated carbocycles. The van der Waals surface area contributed by atoms with Gasteiger partial charge in [-0.05, 0) is 19.1 Å². The van der Waals surface area contributed by atoms with Gasteiger partial charge in [-0.25, -0.2) is 0 Å². The standard InChI is InChI=1S/C11H15N3O3/c1-8-13-11(17-14-8)6-12-9(7-15-2)10-4-3-5-16-10/h3-5,9,12H,6-7H2,1-2H3/t9-/m1/s1. The molecule has 0 unspecified atom stereocenters. The van der Waals surface area contributed by atoms with Gasteiger partial charge in [0.05, 0.1) is 25.5 Å². The minimum atomic E-state index is -0.0257. The minimum absolute atomic E-state index is 0.0257. The zero-order valence-electron chi connectivity index (χ0n) is 9.84. The first kappa shape index (κ1) is 11.8. The summed E-state index contributed by atoms with van der Waals surface area (Å²) in [5, 5.41) is 6.96. The molecule has 6 nitrogen and oxygen atoms in total. The number of methoxy groups -OCH3 is 1. The van der Waals surface area contributed by atoms with Crippen molar-refractivity contribution in [2.75, 3.05) is 13.7 Å². The number of hydrogen-bond donors (Lipinski definition) is 1. The smallest absolute Gasteiger partial charge is 0.240 e. The maximum Gasteiger partial charge on any atom is 0.240 e. The van der Waals surface area contributed by atoms with Crippen molar-refractivity contribution < 1.29 is 13.7 Å². The van der Waals surface area contributed by atoms with Gasteiger partial charge in [0.15, 0.2) is 5.82 Å². The van der Waals surface area contributed by atoms with Crippen molar-refractivity contribution in [3.05, 3.63) is 35.9 Å². The predicted octanol–water partition coefficient (Wildman–Crippen LogP) is 1.45. The third-order valence-corrected chi connectivity index (χ3v) is 2.29. The molecule has 2 aromatic rings. The quantitative estimate of drug-likeness (QED) is 0.819. The molecule has 0 bridgehead atoms. The second kappa shape index (κ2) is 5.60. The fourth-order valence-corrected chi connectivity index (χ4v) is 1.52. The Labute approximate surface area is 99.0 Å². The maximum atomic E-state index is 5.33. The highest BCUT2D eigenvalue weighted by atomic mass is 16.5. The molecule has 0 amide bonds. The molecule has 2 rings (SSSR count). The van der Waals surface area contributed by atoms with Crippen LogP contribution in [0.5, 0.6) is 0 Å². The summed E-state index contributed by atoms with van der Waals surface area (Å²) in [5.74, 6) is 2.00. The second-order valence-electron chi connectivity index (χ2n) is 3.64. The van der Waals surface area contributed by atoms with Crippen LogP contribution in [0.25, 0.3) is 0 Å². The van der Waals surface area contributed by atoms with E-state index in [1.165, 1.54) is 0 Å². The Kier molecular flexibility index (Phi) is 3.89. The molecular weight excluding hydrogens is 222 g/mol. The van der Waals surface area contributed by atoms with Crippen molar-refractivity contribution in [3.8, 4) is 0 Å². The van der Waals surface area contributed by atoms with Gasteiger partial charge in [-0.1, -0.05) is 5.16 Å². The highest BCUT2D eigenvalue weighted by molar-refractivity contribution is 5.04. The predicted molar refractivity (Wildman–Crippen MR) is 59.2 cm³/mol. The zero-order chi connectivity index (χ0) is 12.1. The van der Waals surface area contributed by atoms with E-state index in [0.29, 0.717) is 24.9 Å². The van der Waals surface area contributed by atoms with Crippen LogP contribution >= 0.6 is 0 Å². The molecule has 0 radical (unpaired) electrons. The number of aryl methyl sites for hydroxylation is 1. The van der Waals surface area contributed by atoms with Crippen molar-refractivity contribution >= 4 is 0 Å². The van der Waals surface area contributed by atoms with E-state index in [1.54, 1.807) is 20.3 Å². The maximum absolute atomic E-state index is 5.33. The lowest BCUT2D eigenvalue weighted by molar-refractivity contribution is 0.154. The van der Waals surface area contributed by atoms with Gasteiger partial charge in [0, 0.05) is 7.11 Å². The Balaban J connectivity index is 1.94. The summed E-state index contributed by atoms with van der Waals surface area (Å²) in [6.07, 6.45) is 1.64. The van der Waals surface area contributed by atoms with Crippen LogP contribution in [0.2, 0.25) is 0 Å². The first-order valence-corrected chi connectivity index (χ1v) is 5.34.